The zero-order chi connectivity index (χ0) is 34.0. The number of rotatable bonds is 7. The van der Waals surface area contributed by atoms with Gasteiger partial charge in [0.15, 0.2) is 0 Å². The number of carbonyl (C=O) groups is 1. The summed E-state index contributed by atoms with van der Waals surface area (Å²) in [4.78, 5) is 36.0. The van der Waals surface area contributed by atoms with Gasteiger partial charge in [-0.3, -0.25) is 9.88 Å². The van der Waals surface area contributed by atoms with Crippen LogP contribution in [-0.4, -0.2) is 122 Å². The normalized spacial score (nSPS) is 23.7. The number of aryl methyl sites for hydroxylation is 1. The van der Waals surface area contributed by atoms with Gasteiger partial charge >= 0.3 is 6.09 Å². The Kier molecular flexibility index (Phi) is 9.87. The molecular weight excluding hydrogens is 610 g/mol. The molecule has 48 heavy (non-hydrogen) atoms. The van der Waals surface area contributed by atoms with Gasteiger partial charge in [0.2, 0.25) is 5.95 Å². The lowest BCUT2D eigenvalue weighted by atomic mass is 10.1. The highest BCUT2D eigenvalue weighted by molar-refractivity contribution is 5.95. The molecule has 3 aliphatic rings. The van der Waals surface area contributed by atoms with Crippen LogP contribution in [0.15, 0.2) is 36.5 Å². The van der Waals surface area contributed by atoms with E-state index in [1.54, 1.807) is 13.3 Å². The van der Waals surface area contributed by atoms with Crippen LogP contribution in [0.3, 0.4) is 0 Å². The molecule has 2 aromatic heterocycles. The molecule has 3 aromatic rings. The van der Waals surface area contributed by atoms with E-state index in [1.807, 2.05) is 58.0 Å². The van der Waals surface area contributed by atoms with Crippen molar-refractivity contribution in [2.45, 2.75) is 64.6 Å². The van der Waals surface area contributed by atoms with Crippen LogP contribution in [0, 0.1) is 18.3 Å². The van der Waals surface area contributed by atoms with Crippen molar-refractivity contribution in [2.24, 2.45) is 0 Å². The number of anilines is 3. The number of aromatic nitrogens is 3. The minimum absolute atomic E-state index is 0.0571. The smallest absolute Gasteiger partial charge is 0.408 e. The molecule has 4 atom stereocenters. The van der Waals surface area contributed by atoms with Crippen molar-refractivity contribution < 1.29 is 19.0 Å². The minimum Gasteiger partial charge on any atom is -0.444 e. The first kappa shape index (κ1) is 33.6. The number of carbonyl (C=O) groups excluding carboxylic acids is 1. The van der Waals surface area contributed by atoms with E-state index in [2.05, 4.69) is 42.9 Å². The van der Waals surface area contributed by atoms with Crippen LogP contribution in [0.25, 0.3) is 10.9 Å². The van der Waals surface area contributed by atoms with Crippen LogP contribution in [0.5, 0.6) is 0 Å². The standard InChI is InChI=1S/C35H47N9O4/c1-23-16-31(40-33(38-23)44-21-28(30(22-44)46-6)39-34(45)48-35(3,4)5)42-14-12-41(13-15-42)19-26-20-43(18-24(2)47-26)29-10-9-25(17-36)32-27(29)8-7-11-37-32/h7-11,16,24,26,28,30H,12-15,18-22H2,1-6H3,(H,39,45)/t24-,26+,28+,30-/m1/s1. The number of amides is 1. The number of hydrogen-bond donors (Lipinski definition) is 1. The molecule has 256 valence electrons. The highest BCUT2D eigenvalue weighted by atomic mass is 16.6. The second-order valence-electron chi connectivity index (χ2n) is 14.0. The topological polar surface area (TPSA) is 132 Å². The fraction of sp³-hybridized carbons (Fsp3) is 0.571. The van der Waals surface area contributed by atoms with Gasteiger partial charge in [-0.05, 0) is 58.9 Å². The number of methoxy groups -OCH3 is 1. The molecule has 3 fully saturated rings. The van der Waals surface area contributed by atoms with Crippen LogP contribution in [0.2, 0.25) is 0 Å². The van der Waals surface area contributed by atoms with Crippen molar-refractivity contribution in [2.75, 3.05) is 80.7 Å². The highest BCUT2D eigenvalue weighted by Crippen LogP contribution is 2.31. The molecule has 1 N–H and O–H groups in total. The van der Waals surface area contributed by atoms with Crippen LogP contribution in [0.4, 0.5) is 22.2 Å². The molecule has 6 rings (SSSR count). The summed E-state index contributed by atoms with van der Waals surface area (Å²) in [6.45, 7) is 16.6. The number of morpholine rings is 1. The molecule has 1 aromatic carbocycles. The van der Waals surface area contributed by atoms with Crippen molar-refractivity contribution in [1.82, 2.24) is 25.2 Å². The van der Waals surface area contributed by atoms with Gasteiger partial charge in [-0.1, -0.05) is 0 Å². The Morgan fingerprint density at radius 3 is 2.58 bits per heavy atom. The maximum atomic E-state index is 12.5. The van der Waals surface area contributed by atoms with Gasteiger partial charge in [0.05, 0.1) is 35.4 Å². The third-order valence-corrected chi connectivity index (χ3v) is 9.08. The molecule has 3 aliphatic heterocycles. The Morgan fingerprint density at radius 1 is 1.06 bits per heavy atom. The van der Waals surface area contributed by atoms with E-state index in [4.69, 9.17) is 24.2 Å². The van der Waals surface area contributed by atoms with E-state index < -0.39 is 11.7 Å². The van der Waals surface area contributed by atoms with Gasteiger partial charge < -0.3 is 34.2 Å². The molecule has 13 heteroatoms. The first-order valence-electron chi connectivity index (χ1n) is 16.8. The van der Waals surface area contributed by atoms with Gasteiger partial charge in [0.1, 0.15) is 17.5 Å². The first-order valence-corrected chi connectivity index (χ1v) is 16.8. The van der Waals surface area contributed by atoms with Crippen LogP contribution in [0.1, 0.15) is 39.0 Å². The summed E-state index contributed by atoms with van der Waals surface area (Å²) in [5, 5.41) is 13.6. The molecule has 0 saturated carbocycles. The maximum Gasteiger partial charge on any atom is 0.408 e. The molecule has 3 saturated heterocycles. The molecule has 5 heterocycles. The molecule has 1 amide bonds. The second-order valence-corrected chi connectivity index (χ2v) is 14.0. The van der Waals surface area contributed by atoms with E-state index in [-0.39, 0.29) is 24.4 Å². The van der Waals surface area contributed by atoms with Gasteiger partial charge in [0, 0.05) is 95.0 Å². The summed E-state index contributed by atoms with van der Waals surface area (Å²) in [5.74, 6) is 1.54. The Balaban J connectivity index is 1.07. The molecule has 13 nitrogen and oxygen atoms in total. The van der Waals surface area contributed by atoms with Gasteiger partial charge in [-0.25, -0.2) is 9.78 Å². The van der Waals surface area contributed by atoms with Crippen LogP contribution >= 0.6 is 0 Å². The molecule has 0 spiro atoms. The third kappa shape index (κ3) is 7.72. The number of nitriles is 1. The van der Waals surface area contributed by atoms with E-state index in [0.29, 0.717) is 24.6 Å². The fourth-order valence-electron chi connectivity index (χ4n) is 6.93. The molecular formula is C35H47N9O4. The quantitative estimate of drug-likeness (QED) is 0.400. The SMILES string of the molecule is CO[C@@H]1CN(c2nc(C)cc(N3CCN(C[C@H]4CN(c5ccc(C#N)c6ncccc56)C[C@@H](C)O4)CC3)n2)C[C@@H]1NC(=O)OC(C)(C)C. The molecule has 0 aliphatic carbocycles. The van der Waals surface area contributed by atoms with Crippen LogP contribution < -0.4 is 20.0 Å². The second kappa shape index (κ2) is 14.1. The monoisotopic (exact) mass is 657 g/mol. The van der Waals surface area contributed by atoms with Crippen molar-refractivity contribution in [3.05, 3.63) is 47.8 Å². The van der Waals surface area contributed by atoms with Crippen molar-refractivity contribution in [3.63, 3.8) is 0 Å². The van der Waals surface area contributed by atoms with Gasteiger partial charge in [0.25, 0.3) is 0 Å². The van der Waals surface area contributed by atoms with Crippen molar-refractivity contribution in [1.29, 1.82) is 5.26 Å². The lowest BCUT2D eigenvalue weighted by Crippen LogP contribution is -2.54. The summed E-state index contributed by atoms with van der Waals surface area (Å²) in [7, 11) is 1.66. The zero-order valence-electron chi connectivity index (χ0n) is 28.8. The predicted octanol–water partition coefficient (Wildman–Crippen LogP) is 3.35. The molecule has 0 unspecified atom stereocenters. The fourth-order valence-corrected chi connectivity index (χ4v) is 6.93. The van der Waals surface area contributed by atoms with E-state index in [9.17, 15) is 10.1 Å². The summed E-state index contributed by atoms with van der Waals surface area (Å²) in [6, 6.07) is 12.0. The number of benzene rings is 1. The molecule has 0 bridgehead atoms. The Hall–Kier alpha value is -4.25. The Morgan fingerprint density at radius 2 is 1.85 bits per heavy atom. The Labute approximate surface area is 282 Å². The Bertz CT molecular complexity index is 1650. The average Bonchev–Trinajstić information content (AvgIpc) is 3.45. The van der Waals surface area contributed by atoms with Crippen LogP contribution in [-0.2, 0) is 14.2 Å². The first-order chi connectivity index (χ1) is 23.0. The molecule has 0 radical (unpaired) electrons. The number of nitrogens with one attached hydrogen (secondary N) is 1. The summed E-state index contributed by atoms with van der Waals surface area (Å²) < 4.78 is 17.6. The minimum atomic E-state index is -0.578. The number of alkyl carbamates (subject to hydrolysis) is 1. The summed E-state index contributed by atoms with van der Waals surface area (Å²) >= 11 is 0. The number of hydrogen-bond acceptors (Lipinski definition) is 12. The number of ether oxygens (including phenoxy) is 3. The van der Waals surface area contributed by atoms with E-state index in [0.717, 1.165) is 73.9 Å². The zero-order valence-corrected chi connectivity index (χ0v) is 28.8. The van der Waals surface area contributed by atoms with E-state index in [1.165, 1.54) is 0 Å². The lowest BCUT2D eigenvalue weighted by molar-refractivity contribution is -0.0327. The maximum absolute atomic E-state index is 12.5. The number of fused-ring (bicyclic) bond motifs is 1. The third-order valence-electron chi connectivity index (χ3n) is 9.08. The van der Waals surface area contributed by atoms with E-state index >= 15 is 0 Å². The van der Waals surface area contributed by atoms with Crippen molar-refractivity contribution >= 4 is 34.4 Å². The largest absolute Gasteiger partial charge is 0.444 e. The lowest BCUT2D eigenvalue weighted by Gasteiger charge is -2.42. The number of pyridine rings is 1. The predicted molar refractivity (Wildman–Crippen MR) is 185 cm³/mol. The number of piperazine rings is 1. The van der Waals surface area contributed by atoms with Gasteiger partial charge in [-0.2, -0.15) is 10.2 Å². The summed E-state index contributed by atoms with van der Waals surface area (Å²) in [5.41, 5.74) is 2.75. The average molecular weight is 658 g/mol. The van der Waals surface area contributed by atoms with Crippen molar-refractivity contribution in [3.8, 4) is 6.07 Å². The van der Waals surface area contributed by atoms with Gasteiger partial charge in [-0.15, -0.1) is 0 Å². The highest BCUT2D eigenvalue weighted by Gasteiger charge is 2.37. The summed E-state index contributed by atoms with van der Waals surface area (Å²) in [6.07, 6.45) is 1.22. The number of nitrogens with zero attached hydrogens (tertiary/aromatic N) is 8.